The lowest BCUT2D eigenvalue weighted by atomic mass is 10.1. The van der Waals surface area contributed by atoms with Crippen molar-refractivity contribution < 1.29 is 5.11 Å². The highest BCUT2D eigenvalue weighted by atomic mass is 16.3. The Bertz CT molecular complexity index is 1070. The van der Waals surface area contributed by atoms with Crippen molar-refractivity contribution in [3.05, 3.63) is 66.0 Å². The van der Waals surface area contributed by atoms with Crippen molar-refractivity contribution in [2.45, 2.75) is 27.7 Å². The predicted octanol–water partition coefficient (Wildman–Crippen LogP) is 5.88. The van der Waals surface area contributed by atoms with Crippen LogP contribution in [0.5, 0.6) is 5.75 Å². The molecule has 0 unspecified atom stereocenters. The van der Waals surface area contributed by atoms with Crippen molar-refractivity contribution >= 4 is 33.2 Å². The molecule has 0 saturated carbocycles. The Hall–Kier alpha value is -3.14. The lowest BCUT2D eigenvalue weighted by Crippen LogP contribution is -1.97. The van der Waals surface area contributed by atoms with Gasteiger partial charge in [0.25, 0.3) is 0 Å². The molecule has 4 heteroatoms. The van der Waals surface area contributed by atoms with Crippen LogP contribution < -0.4 is 5.32 Å². The number of phenolic OH excluding ortho intramolecular Hbond substituents is 1. The standard InChI is InChI=1S/C20H17N3O.C2H6/c1-12-9-16-18(10-13(12)2)21-11-22-20(16)23-17-7-8-19(24)15-6-4-3-5-14(15)17;1-2/h3-11,24H,1-2H3,(H,21,22,23);1-2H3. The molecule has 0 aliphatic carbocycles. The molecule has 1 aromatic heterocycles. The Morgan fingerprint density at radius 1 is 0.808 bits per heavy atom. The number of aromatic nitrogens is 2. The van der Waals surface area contributed by atoms with E-state index < -0.39 is 0 Å². The largest absolute Gasteiger partial charge is 0.507 e. The number of fused-ring (bicyclic) bond motifs is 2. The van der Waals surface area contributed by atoms with Crippen molar-refractivity contribution in [2.24, 2.45) is 0 Å². The normalized spacial score (nSPS) is 10.5. The summed E-state index contributed by atoms with van der Waals surface area (Å²) >= 11 is 0. The zero-order chi connectivity index (χ0) is 18.7. The first-order valence-electron chi connectivity index (χ1n) is 8.83. The molecule has 2 N–H and O–H groups in total. The third-order valence-corrected chi connectivity index (χ3v) is 4.40. The highest BCUT2D eigenvalue weighted by Crippen LogP contribution is 2.33. The van der Waals surface area contributed by atoms with Gasteiger partial charge in [0.15, 0.2) is 0 Å². The van der Waals surface area contributed by atoms with Gasteiger partial charge in [0.2, 0.25) is 0 Å². The lowest BCUT2D eigenvalue weighted by molar-refractivity contribution is 0.481. The molecule has 4 aromatic rings. The zero-order valence-corrected chi connectivity index (χ0v) is 15.5. The van der Waals surface area contributed by atoms with Crippen molar-refractivity contribution in [1.82, 2.24) is 9.97 Å². The van der Waals surface area contributed by atoms with Crippen LogP contribution in [0.25, 0.3) is 21.7 Å². The van der Waals surface area contributed by atoms with E-state index in [4.69, 9.17) is 0 Å². The summed E-state index contributed by atoms with van der Waals surface area (Å²) in [6.07, 6.45) is 1.57. The number of nitrogens with one attached hydrogen (secondary N) is 1. The summed E-state index contributed by atoms with van der Waals surface area (Å²) in [6, 6.07) is 15.5. The minimum absolute atomic E-state index is 0.273. The zero-order valence-electron chi connectivity index (χ0n) is 15.5. The van der Waals surface area contributed by atoms with Gasteiger partial charge >= 0.3 is 0 Å². The fourth-order valence-corrected chi connectivity index (χ4v) is 2.94. The first-order chi connectivity index (χ1) is 12.6. The van der Waals surface area contributed by atoms with Crippen molar-refractivity contribution in [2.75, 3.05) is 5.32 Å². The van der Waals surface area contributed by atoms with E-state index in [1.807, 2.05) is 44.2 Å². The molecule has 0 saturated heterocycles. The van der Waals surface area contributed by atoms with Gasteiger partial charge < -0.3 is 10.4 Å². The number of hydrogen-bond donors (Lipinski definition) is 2. The molecule has 0 radical (unpaired) electrons. The van der Waals surface area contributed by atoms with Crippen LogP contribution in [0.15, 0.2) is 54.9 Å². The van der Waals surface area contributed by atoms with Crippen LogP contribution in [0.4, 0.5) is 11.5 Å². The van der Waals surface area contributed by atoms with Crippen LogP contribution >= 0.6 is 0 Å². The van der Waals surface area contributed by atoms with E-state index >= 15 is 0 Å². The van der Waals surface area contributed by atoms with Crippen LogP contribution in [0.2, 0.25) is 0 Å². The van der Waals surface area contributed by atoms with E-state index in [0.717, 1.165) is 33.2 Å². The lowest BCUT2D eigenvalue weighted by Gasteiger charge is -2.13. The minimum atomic E-state index is 0.273. The van der Waals surface area contributed by atoms with E-state index in [0.29, 0.717) is 0 Å². The molecule has 0 fully saturated rings. The molecule has 0 bridgehead atoms. The fraction of sp³-hybridized carbons (Fsp3) is 0.182. The number of benzene rings is 3. The molecule has 1 heterocycles. The van der Waals surface area contributed by atoms with Gasteiger partial charge in [0.1, 0.15) is 17.9 Å². The Balaban J connectivity index is 0.000000948. The smallest absolute Gasteiger partial charge is 0.141 e. The van der Waals surface area contributed by atoms with Crippen LogP contribution in [0, 0.1) is 13.8 Å². The quantitative estimate of drug-likeness (QED) is 0.446. The molecule has 0 aliphatic rings. The van der Waals surface area contributed by atoms with E-state index in [2.05, 4.69) is 41.3 Å². The third kappa shape index (κ3) is 3.18. The van der Waals surface area contributed by atoms with Gasteiger partial charge in [-0.2, -0.15) is 0 Å². The number of phenols is 1. The summed E-state index contributed by atoms with van der Waals surface area (Å²) in [5.41, 5.74) is 4.23. The number of aryl methyl sites for hydroxylation is 2. The molecule has 3 aromatic carbocycles. The van der Waals surface area contributed by atoms with Crippen molar-refractivity contribution in [3.8, 4) is 5.75 Å². The third-order valence-electron chi connectivity index (χ3n) is 4.40. The summed E-state index contributed by atoms with van der Waals surface area (Å²) < 4.78 is 0. The highest BCUT2D eigenvalue weighted by Gasteiger charge is 2.09. The average Bonchev–Trinajstić information content (AvgIpc) is 2.67. The number of aromatic hydroxyl groups is 1. The van der Waals surface area contributed by atoms with E-state index in [-0.39, 0.29) is 5.75 Å². The van der Waals surface area contributed by atoms with Crippen LogP contribution in [0.1, 0.15) is 25.0 Å². The Morgan fingerprint density at radius 3 is 2.27 bits per heavy atom. The van der Waals surface area contributed by atoms with Gasteiger partial charge in [0, 0.05) is 21.8 Å². The first-order valence-corrected chi connectivity index (χ1v) is 8.83. The summed E-state index contributed by atoms with van der Waals surface area (Å²) in [6.45, 7) is 8.17. The summed E-state index contributed by atoms with van der Waals surface area (Å²) in [5.74, 6) is 1.04. The second kappa shape index (κ2) is 7.40. The maximum Gasteiger partial charge on any atom is 0.141 e. The average molecular weight is 345 g/mol. The highest BCUT2D eigenvalue weighted by molar-refractivity contribution is 6.01. The minimum Gasteiger partial charge on any atom is -0.507 e. The summed E-state index contributed by atoms with van der Waals surface area (Å²) in [5, 5.41) is 16.2. The number of hydrogen-bond acceptors (Lipinski definition) is 4. The maximum absolute atomic E-state index is 10.0. The van der Waals surface area contributed by atoms with Crippen LogP contribution in [-0.4, -0.2) is 15.1 Å². The maximum atomic E-state index is 10.0. The van der Waals surface area contributed by atoms with Gasteiger partial charge in [-0.1, -0.05) is 38.1 Å². The van der Waals surface area contributed by atoms with Gasteiger partial charge in [0.05, 0.1) is 5.52 Å². The van der Waals surface area contributed by atoms with Gasteiger partial charge in [-0.3, -0.25) is 0 Å². The van der Waals surface area contributed by atoms with Crippen molar-refractivity contribution in [1.29, 1.82) is 0 Å². The number of anilines is 2. The Kier molecular flexibility index (Phi) is 5.03. The van der Waals surface area contributed by atoms with Gasteiger partial charge in [-0.05, 0) is 49.2 Å². The first kappa shape index (κ1) is 17.7. The molecular formula is C22H23N3O. The predicted molar refractivity (Wildman–Crippen MR) is 109 cm³/mol. The molecule has 4 nitrogen and oxygen atoms in total. The monoisotopic (exact) mass is 345 g/mol. The van der Waals surface area contributed by atoms with E-state index in [1.54, 1.807) is 12.4 Å². The Labute approximate surface area is 153 Å². The molecular weight excluding hydrogens is 322 g/mol. The fourth-order valence-electron chi connectivity index (χ4n) is 2.94. The van der Waals surface area contributed by atoms with Gasteiger partial charge in [-0.15, -0.1) is 0 Å². The van der Waals surface area contributed by atoms with Crippen LogP contribution in [0.3, 0.4) is 0 Å². The molecule has 0 aliphatic heterocycles. The number of nitrogens with zero attached hydrogens (tertiary/aromatic N) is 2. The van der Waals surface area contributed by atoms with E-state index in [9.17, 15) is 5.11 Å². The topological polar surface area (TPSA) is 58.0 Å². The summed E-state index contributed by atoms with van der Waals surface area (Å²) in [4.78, 5) is 8.79. The molecule has 0 atom stereocenters. The summed E-state index contributed by atoms with van der Waals surface area (Å²) in [7, 11) is 0. The molecule has 26 heavy (non-hydrogen) atoms. The second-order valence-electron chi connectivity index (χ2n) is 5.98. The van der Waals surface area contributed by atoms with Gasteiger partial charge in [-0.25, -0.2) is 9.97 Å². The van der Waals surface area contributed by atoms with Crippen LogP contribution in [-0.2, 0) is 0 Å². The Morgan fingerprint density at radius 2 is 1.50 bits per heavy atom. The number of rotatable bonds is 2. The molecule has 0 amide bonds. The molecule has 0 spiro atoms. The second-order valence-corrected chi connectivity index (χ2v) is 5.98. The molecule has 132 valence electrons. The van der Waals surface area contributed by atoms with Crippen molar-refractivity contribution in [3.63, 3.8) is 0 Å². The SMILES string of the molecule is CC.Cc1cc2ncnc(Nc3ccc(O)c4ccccc34)c2cc1C. The molecule has 4 rings (SSSR count). The van der Waals surface area contributed by atoms with E-state index in [1.165, 1.54) is 11.1 Å².